The monoisotopic (exact) mass is 266 g/mol. The summed E-state index contributed by atoms with van der Waals surface area (Å²) in [4.78, 5) is 0. The normalized spacial score (nSPS) is 21.2. The molecular weight excluding hydrogens is 236 g/mol. The van der Waals surface area contributed by atoms with E-state index in [0.717, 1.165) is 5.71 Å². The van der Waals surface area contributed by atoms with Gasteiger partial charge in [0.05, 0.1) is 0 Å². The van der Waals surface area contributed by atoms with Crippen molar-refractivity contribution in [3.8, 4) is 0 Å². The van der Waals surface area contributed by atoms with Gasteiger partial charge in [-0.15, -0.1) is 5.10 Å². The highest BCUT2D eigenvalue weighted by atomic mass is 15.3. The lowest BCUT2D eigenvalue weighted by Gasteiger charge is -2.17. The first-order chi connectivity index (χ1) is 9.20. The van der Waals surface area contributed by atoms with Crippen LogP contribution in [0.4, 0.5) is 0 Å². The van der Waals surface area contributed by atoms with Gasteiger partial charge in [0, 0.05) is 5.71 Å². The van der Waals surface area contributed by atoms with Crippen molar-refractivity contribution in [1.29, 1.82) is 0 Å². The Hall–Kier alpha value is -1.06. The van der Waals surface area contributed by atoms with Gasteiger partial charge in [0.15, 0.2) is 0 Å². The number of rotatable bonds is 2. The molecule has 1 saturated carbocycles. The van der Waals surface area contributed by atoms with Crippen molar-refractivity contribution in [2.45, 2.75) is 77.6 Å². The van der Waals surface area contributed by atoms with Crippen molar-refractivity contribution < 1.29 is 0 Å². The van der Waals surface area contributed by atoms with E-state index in [0.29, 0.717) is 5.92 Å². The molecule has 4 N–H and O–H groups in total. The molecule has 0 bridgehead atoms. The molecule has 1 fully saturated rings. The number of hydrogen-bond donors (Lipinski definition) is 2. The van der Waals surface area contributed by atoms with E-state index in [1.54, 1.807) is 0 Å². The van der Waals surface area contributed by atoms with Crippen LogP contribution in [0.1, 0.15) is 77.6 Å². The van der Waals surface area contributed by atoms with Gasteiger partial charge in [0.1, 0.15) is 0 Å². The van der Waals surface area contributed by atoms with Crippen LogP contribution < -0.4 is 11.5 Å². The van der Waals surface area contributed by atoms with E-state index in [1.165, 1.54) is 70.6 Å². The second-order valence-electron chi connectivity index (χ2n) is 5.72. The SMILES string of the molecule is CC(=NN=C(N)N)C1CCCCCCCCCCC1. The first-order valence-electron chi connectivity index (χ1n) is 7.83. The highest BCUT2D eigenvalue weighted by Crippen LogP contribution is 2.22. The summed E-state index contributed by atoms with van der Waals surface area (Å²) in [6, 6.07) is 0. The summed E-state index contributed by atoms with van der Waals surface area (Å²) >= 11 is 0. The minimum Gasteiger partial charge on any atom is -0.369 e. The van der Waals surface area contributed by atoms with E-state index in [1.807, 2.05) is 0 Å². The van der Waals surface area contributed by atoms with Crippen LogP contribution in [0.25, 0.3) is 0 Å². The molecule has 0 saturated heterocycles. The Labute approximate surface area is 117 Å². The minimum atomic E-state index is 0.0486. The summed E-state index contributed by atoms with van der Waals surface area (Å²) in [5.41, 5.74) is 11.7. The standard InChI is InChI=1S/C15H30N4/c1-13(18-19-15(16)17)14-11-9-7-5-3-2-4-6-8-10-12-14/h14H,2-12H2,1H3,(H4,16,17,19). The summed E-state index contributed by atoms with van der Waals surface area (Å²) in [5, 5.41) is 7.96. The average molecular weight is 266 g/mol. The molecule has 0 unspecified atom stereocenters. The van der Waals surface area contributed by atoms with Gasteiger partial charge in [-0.2, -0.15) is 5.10 Å². The molecule has 0 heterocycles. The highest BCUT2D eigenvalue weighted by Gasteiger charge is 2.12. The molecule has 1 aliphatic rings. The molecule has 0 aliphatic heterocycles. The summed E-state index contributed by atoms with van der Waals surface area (Å²) in [6.07, 6.45) is 14.8. The summed E-state index contributed by atoms with van der Waals surface area (Å²) in [5.74, 6) is 0.607. The molecule has 1 aliphatic carbocycles. The summed E-state index contributed by atoms with van der Waals surface area (Å²) < 4.78 is 0. The number of nitrogens with zero attached hydrogens (tertiary/aromatic N) is 2. The highest BCUT2D eigenvalue weighted by molar-refractivity contribution is 5.85. The van der Waals surface area contributed by atoms with E-state index in [4.69, 9.17) is 11.5 Å². The van der Waals surface area contributed by atoms with E-state index in [2.05, 4.69) is 17.1 Å². The predicted octanol–water partition coefficient (Wildman–Crippen LogP) is 3.56. The van der Waals surface area contributed by atoms with Gasteiger partial charge < -0.3 is 11.5 Å². The van der Waals surface area contributed by atoms with Gasteiger partial charge in [0.2, 0.25) is 5.96 Å². The van der Waals surface area contributed by atoms with Gasteiger partial charge >= 0.3 is 0 Å². The van der Waals surface area contributed by atoms with Crippen LogP contribution in [-0.4, -0.2) is 11.7 Å². The van der Waals surface area contributed by atoms with Crippen LogP contribution in [0.2, 0.25) is 0 Å². The molecule has 4 heteroatoms. The Kier molecular flexibility index (Phi) is 8.26. The van der Waals surface area contributed by atoms with E-state index in [9.17, 15) is 0 Å². The van der Waals surface area contributed by atoms with Gasteiger partial charge in [-0.1, -0.05) is 57.8 Å². The van der Waals surface area contributed by atoms with Crippen molar-refractivity contribution in [2.24, 2.45) is 27.6 Å². The lowest BCUT2D eigenvalue weighted by molar-refractivity contribution is 0.463. The van der Waals surface area contributed by atoms with Crippen LogP contribution >= 0.6 is 0 Å². The molecule has 0 aromatic rings. The van der Waals surface area contributed by atoms with Crippen LogP contribution in [0.5, 0.6) is 0 Å². The molecule has 0 amide bonds. The first-order valence-corrected chi connectivity index (χ1v) is 7.83. The fraction of sp³-hybridized carbons (Fsp3) is 0.867. The second-order valence-corrected chi connectivity index (χ2v) is 5.72. The van der Waals surface area contributed by atoms with E-state index < -0.39 is 0 Å². The molecule has 19 heavy (non-hydrogen) atoms. The van der Waals surface area contributed by atoms with Crippen molar-refractivity contribution in [3.63, 3.8) is 0 Å². The third kappa shape index (κ3) is 7.85. The van der Waals surface area contributed by atoms with E-state index >= 15 is 0 Å². The van der Waals surface area contributed by atoms with Crippen LogP contribution in [0.15, 0.2) is 10.2 Å². The molecule has 110 valence electrons. The van der Waals surface area contributed by atoms with Crippen LogP contribution in [0.3, 0.4) is 0 Å². The van der Waals surface area contributed by atoms with Crippen molar-refractivity contribution in [2.75, 3.05) is 0 Å². The maximum absolute atomic E-state index is 5.33. The molecule has 0 radical (unpaired) electrons. The second kappa shape index (κ2) is 9.82. The average Bonchev–Trinajstić information content (AvgIpc) is 2.36. The number of guanidine groups is 1. The van der Waals surface area contributed by atoms with Crippen molar-refractivity contribution >= 4 is 11.7 Å². The third-order valence-electron chi connectivity index (χ3n) is 4.02. The Bertz CT molecular complexity index is 281. The van der Waals surface area contributed by atoms with Crippen LogP contribution in [-0.2, 0) is 0 Å². The van der Waals surface area contributed by atoms with Gasteiger partial charge in [-0.25, -0.2) is 0 Å². The summed E-state index contributed by atoms with van der Waals surface area (Å²) in [7, 11) is 0. The Morgan fingerprint density at radius 3 is 1.58 bits per heavy atom. The third-order valence-corrected chi connectivity index (χ3v) is 4.02. The molecule has 1 rings (SSSR count). The minimum absolute atomic E-state index is 0.0486. The maximum Gasteiger partial charge on any atom is 0.211 e. The summed E-state index contributed by atoms with van der Waals surface area (Å²) in [6.45, 7) is 2.06. The Morgan fingerprint density at radius 1 is 0.737 bits per heavy atom. The van der Waals surface area contributed by atoms with Crippen molar-refractivity contribution in [1.82, 2.24) is 0 Å². The Morgan fingerprint density at radius 2 is 1.16 bits per heavy atom. The maximum atomic E-state index is 5.33. The fourth-order valence-corrected chi connectivity index (χ4v) is 2.80. The molecule has 4 nitrogen and oxygen atoms in total. The predicted molar refractivity (Wildman–Crippen MR) is 83.2 cm³/mol. The largest absolute Gasteiger partial charge is 0.369 e. The smallest absolute Gasteiger partial charge is 0.211 e. The van der Waals surface area contributed by atoms with Crippen LogP contribution in [0, 0.1) is 5.92 Å². The van der Waals surface area contributed by atoms with E-state index in [-0.39, 0.29) is 5.96 Å². The quantitative estimate of drug-likeness (QED) is 0.455. The molecule has 0 atom stereocenters. The zero-order valence-corrected chi connectivity index (χ0v) is 12.4. The lowest BCUT2D eigenvalue weighted by atomic mass is 9.90. The zero-order chi connectivity index (χ0) is 13.9. The Balaban J connectivity index is 2.50. The fourth-order valence-electron chi connectivity index (χ4n) is 2.80. The van der Waals surface area contributed by atoms with Gasteiger partial charge in [0.25, 0.3) is 0 Å². The van der Waals surface area contributed by atoms with Gasteiger partial charge in [-0.05, 0) is 25.7 Å². The zero-order valence-electron chi connectivity index (χ0n) is 12.4. The molecular formula is C15H30N4. The molecule has 0 spiro atoms. The molecule has 0 aromatic carbocycles. The number of hydrogen-bond acceptors (Lipinski definition) is 2. The van der Waals surface area contributed by atoms with Crippen molar-refractivity contribution in [3.05, 3.63) is 0 Å². The number of nitrogens with two attached hydrogens (primary N) is 2. The molecule has 0 aromatic heterocycles. The topological polar surface area (TPSA) is 76.8 Å². The first kappa shape index (κ1) is 16.0. The van der Waals surface area contributed by atoms with Gasteiger partial charge in [-0.3, -0.25) is 0 Å². The lowest BCUT2D eigenvalue weighted by Crippen LogP contribution is -2.22.